The van der Waals surface area contributed by atoms with Crippen LogP contribution >= 0.6 is 11.6 Å². The molecule has 0 amide bonds. The second-order valence-electron chi connectivity index (χ2n) is 8.14. The Hall–Kier alpha value is -2.53. The molecule has 29 heavy (non-hydrogen) atoms. The summed E-state index contributed by atoms with van der Waals surface area (Å²) in [5.41, 5.74) is 5.12. The number of halogens is 1. The summed E-state index contributed by atoms with van der Waals surface area (Å²) in [5.74, 6) is 1.28. The molecule has 0 saturated carbocycles. The molecule has 1 aliphatic heterocycles. The lowest BCUT2D eigenvalue weighted by Gasteiger charge is -2.36. The number of benzene rings is 1. The Morgan fingerprint density at radius 1 is 1.28 bits per heavy atom. The maximum Gasteiger partial charge on any atom is 0.129 e. The van der Waals surface area contributed by atoms with Gasteiger partial charge in [-0.15, -0.1) is 0 Å². The van der Waals surface area contributed by atoms with E-state index >= 15 is 0 Å². The van der Waals surface area contributed by atoms with E-state index in [-0.39, 0.29) is 0 Å². The number of likely N-dealkylation sites (N-methyl/N-ethyl adjacent to an activating group) is 1. The molecule has 1 aliphatic rings. The first-order valence-corrected chi connectivity index (χ1v) is 10.4. The maximum absolute atomic E-state index is 8.66. The lowest BCUT2D eigenvalue weighted by molar-refractivity contribution is 0.382. The van der Waals surface area contributed by atoms with Gasteiger partial charge in [0.25, 0.3) is 0 Å². The Labute approximate surface area is 178 Å². The second-order valence-corrected chi connectivity index (χ2v) is 8.55. The average Bonchev–Trinajstić information content (AvgIpc) is 2.66. The van der Waals surface area contributed by atoms with Crippen molar-refractivity contribution in [2.24, 2.45) is 5.92 Å². The molecule has 0 aliphatic carbocycles. The van der Waals surface area contributed by atoms with Crippen LogP contribution in [0, 0.1) is 18.3 Å². The fourth-order valence-electron chi connectivity index (χ4n) is 3.38. The summed E-state index contributed by atoms with van der Waals surface area (Å²) in [6, 6.07) is 9.89. The largest absolute Gasteiger partial charge is 0.375 e. The normalized spacial score (nSPS) is 14.5. The zero-order valence-corrected chi connectivity index (χ0v) is 18.5. The maximum atomic E-state index is 8.66. The highest BCUT2D eigenvalue weighted by molar-refractivity contribution is 6.31. The average molecular weight is 412 g/mol. The number of nitrogens with zero attached hydrogens (tertiary/aromatic N) is 3. The van der Waals surface area contributed by atoms with E-state index in [0.29, 0.717) is 23.7 Å². The van der Waals surface area contributed by atoms with Crippen molar-refractivity contribution in [2.75, 3.05) is 36.9 Å². The highest BCUT2D eigenvalue weighted by Crippen LogP contribution is 2.28. The van der Waals surface area contributed by atoms with Crippen molar-refractivity contribution in [3.05, 3.63) is 58.9 Å². The number of piperazine rings is 1. The molecule has 3 rings (SSSR count). The van der Waals surface area contributed by atoms with Gasteiger partial charge < -0.3 is 20.5 Å². The van der Waals surface area contributed by atoms with Crippen LogP contribution in [0.3, 0.4) is 0 Å². The van der Waals surface area contributed by atoms with Gasteiger partial charge in [-0.2, -0.15) is 0 Å². The SMILES string of the molecule is C=C1CN(c2ccc(Nc3ccc(Cl)c(C)c3)c(C(=N)CC(C)C)n2)CCN1C. The molecule has 0 atom stereocenters. The Kier molecular flexibility index (Phi) is 6.48. The minimum absolute atomic E-state index is 0.391. The van der Waals surface area contributed by atoms with Crippen LogP contribution in [-0.2, 0) is 0 Å². The Balaban J connectivity index is 1.93. The Bertz CT molecular complexity index is 921. The van der Waals surface area contributed by atoms with Crippen molar-refractivity contribution < 1.29 is 0 Å². The van der Waals surface area contributed by atoms with Gasteiger partial charge in [0.1, 0.15) is 11.5 Å². The van der Waals surface area contributed by atoms with Gasteiger partial charge in [-0.1, -0.05) is 32.0 Å². The van der Waals surface area contributed by atoms with Crippen LogP contribution < -0.4 is 10.2 Å². The van der Waals surface area contributed by atoms with Gasteiger partial charge in [0.05, 0.1) is 17.9 Å². The third kappa shape index (κ3) is 5.10. The number of rotatable bonds is 6. The first-order valence-electron chi connectivity index (χ1n) is 10.0. The van der Waals surface area contributed by atoms with Crippen LogP contribution in [-0.4, -0.2) is 42.3 Å². The molecule has 5 nitrogen and oxygen atoms in total. The smallest absolute Gasteiger partial charge is 0.129 e. The van der Waals surface area contributed by atoms with E-state index in [1.165, 1.54) is 0 Å². The standard InChI is InChI=1S/C23H30ClN5/c1-15(2)12-20(25)23-21(26-18-6-7-19(24)16(3)13-18)8-9-22(27-23)29-11-10-28(5)17(4)14-29/h6-9,13,15,25-26H,4,10-12,14H2,1-3,5H3. The van der Waals surface area contributed by atoms with E-state index in [2.05, 4.69) is 42.6 Å². The van der Waals surface area contributed by atoms with Crippen molar-refractivity contribution >= 4 is 34.5 Å². The molecule has 2 heterocycles. The van der Waals surface area contributed by atoms with Crippen LogP contribution in [0.4, 0.5) is 17.2 Å². The Morgan fingerprint density at radius 2 is 2.03 bits per heavy atom. The van der Waals surface area contributed by atoms with Gasteiger partial charge in [0, 0.05) is 36.5 Å². The number of anilines is 3. The van der Waals surface area contributed by atoms with E-state index in [9.17, 15) is 0 Å². The van der Waals surface area contributed by atoms with Crippen LogP contribution in [0.15, 0.2) is 42.6 Å². The summed E-state index contributed by atoms with van der Waals surface area (Å²) < 4.78 is 0. The highest BCUT2D eigenvalue weighted by Gasteiger charge is 2.20. The summed E-state index contributed by atoms with van der Waals surface area (Å²) in [5, 5.41) is 12.8. The number of aryl methyl sites for hydroxylation is 1. The number of hydrogen-bond donors (Lipinski definition) is 2. The van der Waals surface area contributed by atoms with Gasteiger partial charge in [-0.05, 0) is 55.2 Å². The second kappa shape index (κ2) is 8.87. The molecule has 0 unspecified atom stereocenters. The molecule has 6 heteroatoms. The monoisotopic (exact) mass is 411 g/mol. The summed E-state index contributed by atoms with van der Waals surface area (Å²) in [6.07, 6.45) is 0.681. The first kappa shape index (κ1) is 21.2. The van der Waals surface area contributed by atoms with E-state index in [4.69, 9.17) is 22.0 Å². The fraction of sp³-hybridized carbons (Fsp3) is 0.391. The Morgan fingerprint density at radius 3 is 2.69 bits per heavy atom. The molecule has 1 aromatic carbocycles. The van der Waals surface area contributed by atoms with Crippen molar-refractivity contribution in [3.63, 3.8) is 0 Å². The van der Waals surface area contributed by atoms with Gasteiger partial charge >= 0.3 is 0 Å². The molecule has 1 fully saturated rings. The molecule has 2 aromatic rings. The van der Waals surface area contributed by atoms with E-state index in [0.717, 1.165) is 53.1 Å². The van der Waals surface area contributed by atoms with Crippen molar-refractivity contribution in [1.29, 1.82) is 5.41 Å². The van der Waals surface area contributed by atoms with Crippen molar-refractivity contribution in [3.8, 4) is 0 Å². The molecule has 0 spiro atoms. The topological polar surface area (TPSA) is 55.3 Å². The first-order chi connectivity index (χ1) is 13.7. The molecule has 1 aromatic heterocycles. The van der Waals surface area contributed by atoms with Gasteiger partial charge in [-0.3, -0.25) is 0 Å². The van der Waals surface area contributed by atoms with Gasteiger partial charge in [0.15, 0.2) is 0 Å². The van der Waals surface area contributed by atoms with Crippen LogP contribution in [0.1, 0.15) is 31.5 Å². The van der Waals surface area contributed by atoms with Crippen LogP contribution in [0.2, 0.25) is 5.02 Å². The number of hydrogen-bond acceptors (Lipinski definition) is 5. The van der Waals surface area contributed by atoms with Gasteiger partial charge in [-0.25, -0.2) is 4.98 Å². The zero-order valence-electron chi connectivity index (χ0n) is 17.7. The minimum Gasteiger partial charge on any atom is -0.375 e. The molecule has 0 radical (unpaired) electrons. The van der Waals surface area contributed by atoms with Crippen LogP contribution in [0.5, 0.6) is 0 Å². The van der Waals surface area contributed by atoms with Gasteiger partial charge in [0.2, 0.25) is 0 Å². The molecule has 2 N–H and O–H groups in total. The number of nitrogens with one attached hydrogen (secondary N) is 2. The predicted molar refractivity (Wildman–Crippen MR) is 124 cm³/mol. The quantitative estimate of drug-likeness (QED) is 0.619. The van der Waals surface area contributed by atoms with E-state index < -0.39 is 0 Å². The lowest BCUT2D eigenvalue weighted by Crippen LogP contribution is -2.43. The highest BCUT2D eigenvalue weighted by atomic mass is 35.5. The molecular weight excluding hydrogens is 382 g/mol. The molecule has 0 bridgehead atoms. The van der Waals surface area contributed by atoms with Crippen LogP contribution in [0.25, 0.3) is 0 Å². The van der Waals surface area contributed by atoms with E-state index in [1.807, 2.05) is 37.3 Å². The number of aromatic nitrogens is 1. The molecule has 1 saturated heterocycles. The zero-order chi connectivity index (χ0) is 21.1. The molecule has 154 valence electrons. The fourth-order valence-corrected chi connectivity index (χ4v) is 3.50. The van der Waals surface area contributed by atoms with E-state index in [1.54, 1.807) is 0 Å². The predicted octanol–water partition coefficient (Wildman–Crippen LogP) is 5.47. The summed E-state index contributed by atoms with van der Waals surface area (Å²) >= 11 is 6.16. The third-order valence-electron chi connectivity index (χ3n) is 5.16. The summed E-state index contributed by atoms with van der Waals surface area (Å²) in [4.78, 5) is 9.30. The molecular formula is C23H30ClN5. The minimum atomic E-state index is 0.391. The summed E-state index contributed by atoms with van der Waals surface area (Å²) in [6.45, 7) is 12.9. The lowest BCUT2D eigenvalue weighted by atomic mass is 10.0. The number of pyridine rings is 1. The summed E-state index contributed by atoms with van der Waals surface area (Å²) in [7, 11) is 2.07. The van der Waals surface area contributed by atoms with Crippen molar-refractivity contribution in [2.45, 2.75) is 27.2 Å². The third-order valence-corrected chi connectivity index (χ3v) is 5.58. The van der Waals surface area contributed by atoms with Crippen molar-refractivity contribution in [1.82, 2.24) is 9.88 Å².